The first kappa shape index (κ1) is 19.5. The summed E-state index contributed by atoms with van der Waals surface area (Å²) in [5, 5.41) is 0. The third-order valence-electron chi connectivity index (χ3n) is 4.26. The zero-order valence-electron chi connectivity index (χ0n) is 15.6. The first-order valence-electron chi connectivity index (χ1n) is 8.77. The molecule has 1 aromatic carbocycles. The SMILES string of the molecule is CC(C)(C)OC(=O)N1CCN(Cc2nc3ccc(C(F)(F)F)cc3[nH]2)CC1. The highest BCUT2D eigenvalue weighted by atomic mass is 19.4. The van der Waals surface area contributed by atoms with Crippen molar-refractivity contribution in [3.63, 3.8) is 0 Å². The minimum absolute atomic E-state index is 0.328. The first-order chi connectivity index (χ1) is 12.5. The van der Waals surface area contributed by atoms with E-state index in [1.165, 1.54) is 6.07 Å². The Labute approximate surface area is 155 Å². The van der Waals surface area contributed by atoms with Gasteiger partial charge < -0.3 is 14.6 Å². The average Bonchev–Trinajstić information content (AvgIpc) is 2.94. The van der Waals surface area contributed by atoms with E-state index >= 15 is 0 Å². The Kier molecular flexibility index (Phi) is 5.07. The molecule has 2 heterocycles. The number of hydrogen-bond donors (Lipinski definition) is 1. The molecule has 2 aromatic rings. The Morgan fingerprint density at radius 3 is 2.44 bits per heavy atom. The smallest absolute Gasteiger partial charge is 0.416 e. The summed E-state index contributed by atoms with van der Waals surface area (Å²) in [4.78, 5) is 23.2. The van der Waals surface area contributed by atoms with E-state index in [-0.39, 0.29) is 6.09 Å². The van der Waals surface area contributed by atoms with Crippen molar-refractivity contribution in [2.24, 2.45) is 0 Å². The number of carbonyl (C=O) groups excluding carboxylic acids is 1. The second-order valence-corrected chi connectivity index (χ2v) is 7.66. The Bertz CT molecular complexity index is 818. The van der Waals surface area contributed by atoms with Gasteiger partial charge in [0.15, 0.2) is 0 Å². The molecule has 0 radical (unpaired) electrons. The highest BCUT2D eigenvalue weighted by Gasteiger charge is 2.31. The van der Waals surface area contributed by atoms with E-state index in [9.17, 15) is 18.0 Å². The lowest BCUT2D eigenvalue weighted by Gasteiger charge is -2.35. The van der Waals surface area contributed by atoms with Crippen LogP contribution in [0.4, 0.5) is 18.0 Å². The predicted molar refractivity (Wildman–Crippen MR) is 94.2 cm³/mol. The number of alkyl halides is 3. The molecule has 1 aliphatic heterocycles. The highest BCUT2D eigenvalue weighted by molar-refractivity contribution is 5.76. The van der Waals surface area contributed by atoms with Crippen molar-refractivity contribution in [1.82, 2.24) is 19.8 Å². The quantitative estimate of drug-likeness (QED) is 0.859. The topological polar surface area (TPSA) is 61.5 Å². The van der Waals surface area contributed by atoms with Crippen molar-refractivity contribution < 1.29 is 22.7 Å². The summed E-state index contributed by atoms with van der Waals surface area (Å²) in [7, 11) is 0. The molecule has 0 unspecified atom stereocenters. The van der Waals surface area contributed by atoms with Gasteiger partial charge in [0.2, 0.25) is 0 Å². The molecule has 1 amide bonds. The van der Waals surface area contributed by atoms with Crippen LogP contribution in [-0.2, 0) is 17.5 Å². The summed E-state index contributed by atoms with van der Waals surface area (Å²) >= 11 is 0. The molecular weight excluding hydrogens is 361 g/mol. The van der Waals surface area contributed by atoms with Gasteiger partial charge in [0.25, 0.3) is 0 Å². The summed E-state index contributed by atoms with van der Waals surface area (Å²) < 4.78 is 43.8. The predicted octanol–water partition coefficient (Wildman–Crippen LogP) is 3.63. The molecule has 27 heavy (non-hydrogen) atoms. The molecule has 0 saturated carbocycles. The average molecular weight is 384 g/mol. The molecule has 1 aromatic heterocycles. The van der Waals surface area contributed by atoms with Gasteiger partial charge in [-0.25, -0.2) is 9.78 Å². The highest BCUT2D eigenvalue weighted by Crippen LogP contribution is 2.31. The van der Waals surface area contributed by atoms with E-state index < -0.39 is 17.3 Å². The fraction of sp³-hybridized carbons (Fsp3) is 0.556. The van der Waals surface area contributed by atoms with Crippen LogP contribution >= 0.6 is 0 Å². The number of aromatic amines is 1. The Hall–Kier alpha value is -2.29. The standard InChI is InChI=1S/C18H23F3N4O2/c1-17(2,3)27-16(26)25-8-6-24(7-9-25)11-15-22-13-5-4-12(18(19,20)21)10-14(13)23-15/h4-5,10H,6-9,11H2,1-3H3,(H,22,23). The van der Waals surface area contributed by atoms with Crippen LogP contribution in [0.2, 0.25) is 0 Å². The maximum atomic E-state index is 12.8. The summed E-state index contributed by atoms with van der Waals surface area (Å²) in [6, 6.07) is 3.48. The van der Waals surface area contributed by atoms with Crippen molar-refractivity contribution in [1.29, 1.82) is 0 Å². The van der Waals surface area contributed by atoms with Crippen molar-refractivity contribution in [3.8, 4) is 0 Å². The van der Waals surface area contributed by atoms with Gasteiger partial charge in [0.05, 0.1) is 23.1 Å². The number of aromatic nitrogens is 2. The zero-order chi connectivity index (χ0) is 19.8. The van der Waals surface area contributed by atoms with E-state index in [4.69, 9.17) is 4.74 Å². The molecule has 1 N–H and O–H groups in total. The molecule has 0 atom stereocenters. The second-order valence-electron chi connectivity index (χ2n) is 7.66. The molecule has 6 nitrogen and oxygen atoms in total. The zero-order valence-corrected chi connectivity index (χ0v) is 15.6. The first-order valence-corrected chi connectivity index (χ1v) is 8.77. The molecule has 1 fully saturated rings. The van der Waals surface area contributed by atoms with Gasteiger partial charge in [-0.3, -0.25) is 4.90 Å². The minimum atomic E-state index is -4.38. The number of nitrogens with one attached hydrogen (secondary N) is 1. The Morgan fingerprint density at radius 1 is 1.19 bits per heavy atom. The number of fused-ring (bicyclic) bond motifs is 1. The van der Waals surface area contributed by atoms with Gasteiger partial charge in [-0.2, -0.15) is 13.2 Å². The number of ether oxygens (including phenoxy) is 1. The fourth-order valence-corrected chi connectivity index (χ4v) is 2.94. The fourth-order valence-electron chi connectivity index (χ4n) is 2.94. The maximum Gasteiger partial charge on any atom is 0.416 e. The molecule has 148 valence electrons. The Morgan fingerprint density at radius 2 is 1.85 bits per heavy atom. The lowest BCUT2D eigenvalue weighted by Crippen LogP contribution is -2.49. The van der Waals surface area contributed by atoms with Crippen molar-refractivity contribution in [2.75, 3.05) is 26.2 Å². The maximum absolute atomic E-state index is 12.8. The molecule has 1 saturated heterocycles. The third-order valence-corrected chi connectivity index (χ3v) is 4.26. The molecule has 0 bridgehead atoms. The van der Waals surface area contributed by atoms with E-state index in [0.717, 1.165) is 12.1 Å². The van der Waals surface area contributed by atoms with Gasteiger partial charge in [-0.1, -0.05) is 0 Å². The number of H-pyrrole nitrogens is 1. The number of amides is 1. The molecule has 0 aliphatic carbocycles. The van der Waals surface area contributed by atoms with E-state index in [1.807, 2.05) is 20.8 Å². The molecule has 3 rings (SSSR count). The van der Waals surface area contributed by atoms with Crippen molar-refractivity contribution in [3.05, 3.63) is 29.6 Å². The van der Waals surface area contributed by atoms with Gasteiger partial charge in [0.1, 0.15) is 11.4 Å². The van der Waals surface area contributed by atoms with Crippen LogP contribution in [0.25, 0.3) is 11.0 Å². The summed E-state index contributed by atoms with van der Waals surface area (Å²) in [5.74, 6) is 0.607. The monoisotopic (exact) mass is 384 g/mol. The molecular formula is C18H23F3N4O2. The van der Waals surface area contributed by atoms with Gasteiger partial charge in [-0.05, 0) is 39.0 Å². The van der Waals surface area contributed by atoms with Crippen LogP contribution in [0, 0.1) is 0 Å². The third kappa shape index (κ3) is 4.91. The van der Waals surface area contributed by atoms with Crippen LogP contribution in [-0.4, -0.2) is 57.6 Å². The number of piperazine rings is 1. The van der Waals surface area contributed by atoms with Crippen LogP contribution < -0.4 is 0 Å². The number of imidazole rings is 1. The summed E-state index contributed by atoms with van der Waals surface area (Å²) in [6.07, 6.45) is -4.71. The second kappa shape index (κ2) is 7.03. The molecule has 1 aliphatic rings. The van der Waals surface area contributed by atoms with E-state index in [1.54, 1.807) is 4.90 Å². The van der Waals surface area contributed by atoms with Crippen molar-refractivity contribution >= 4 is 17.1 Å². The van der Waals surface area contributed by atoms with Crippen LogP contribution in [0.1, 0.15) is 32.2 Å². The molecule has 0 spiro atoms. The van der Waals surface area contributed by atoms with Crippen LogP contribution in [0.3, 0.4) is 0 Å². The number of halogens is 3. The van der Waals surface area contributed by atoms with E-state index in [2.05, 4.69) is 14.9 Å². The summed E-state index contributed by atoms with van der Waals surface area (Å²) in [6.45, 7) is 8.32. The molecule has 9 heteroatoms. The lowest BCUT2D eigenvalue weighted by molar-refractivity contribution is -0.137. The van der Waals surface area contributed by atoms with Crippen molar-refractivity contribution in [2.45, 2.75) is 39.1 Å². The van der Waals surface area contributed by atoms with Gasteiger partial charge in [0, 0.05) is 26.2 Å². The number of hydrogen-bond acceptors (Lipinski definition) is 4. The number of nitrogens with zero attached hydrogens (tertiary/aromatic N) is 3. The minimum Gasteiger partial charge on any atom is -0.444 e. The van der Waals surface area contributed by atoms with Crippen LogP contribution in [0.15, 0.2) is 18.2 Å². The van der Waals surface area contributed by atoms with Crippen LogP contribution in [0.5, 0.6) is 0 Å². The number of rotatable bonds is 2. The summed E-state index contributed by atoms with van der Waals surface area (Å²) in [5.41, 5.74) is -0.355. The van der Waals surface area contributed by atoms with Gasteiger partial charge >= 0.3 is 12.3 Å². The lowest BCUT2D eigenvalue weighted by atomic mass is 10.2. The Balaban J connectivity index is 1.60. The normalized spacial score (nSPS) is 16.7. The number of benzene rings is 1. The largest absolute Gasteiger partial charge is 0.444 e. The van der Waals surface area contributed by atoms with Gasteiger partial charge in [-0.15, -0.1) is 0 Å². The van der Waals surface area contributed by atoms with E-state index in [0.29, 0.717) is 49.6 Å². The number of carbonyl (C=O) groups is 1.